The first-order valence-corrected chi connectivity index (χ1v) is 6.98. The van der Waals surface area contributed by atoms with Gasteiger partial charge in [-0.3, -0.25) is 0 Å². The second-order valence-electron chi connectivity index (χ2n) is 3.56. The molecule has 1 unspecified atom stereocenters. The van der Waals surface area contributed by atoms with Gasteiger partial charge in [0.1, 0.15) is 5.82 Å². The molecule has 1 N–H and O–H groups in total. The number of halogens is 3. The van der Waals surface area contributed by atoms with Crippen molar-refractivity contribution in [3.63, 3.8) is 0 Å². The largest absolute Gasteiger partial charge is 0.388 e. The molecule has 1 heterocycles. The lowest BCUT2D eigenvalue weighted by molar-refractivity contribution is 0.174. The van der Waals surface area contributed by atoms with Crippen LogP contribution in [0.2, 0.25) is 5.02 Å². The van der Waals surface area contributed by atoms with E-state index in [1.165, 1.54) is 11.3 Å². The number of aliphatic hydroxyl groups is 1. The monoisotopic (exact) mass is 334 g/mol. The first-order chi connectivity index (χ1) is 8.09. The van der Waals surface area contributed by atoms with Crippen molar-refractivity contribution in [2.45, 2.75) is 12.5 Å². The minimum Gasteiger partial charge on any atom is -0.388 e. The highest BCUT2D eigenvalue weighted by Gasteiger charge is 2.17. The summed E-state index contributed by atoms with van der Waals surface area (Å²) in [6.07, 6.45) is -0.480. The van der Waals surface area contributed by atoms with Crippen LogP contribution in [-0.4, -0.2) is 5.11 Å². The Kier molecular flexibility index (Phi) is 4.20. The van der Waals surface area contributed by atoms with E-state index in [0.29, 0.717) is 10.9 Å². The molecule has 1 aromatic heterocycles. The van der Waals surface area contributed by atoms with Crippen LogP contribution < -0.4 is 0 Å². The predicted molar refractivity (Wildman–Crippen MR) is 72.1 cm³/mol. The molecular weight excluding hydrogens is 327 g/mol. The summed E-state index contributed by atoms with van der Waals surface area (Å²) in [6.45, 7) is 0. The van der Waals surface area contributed by atoms with Crippen molar-refractivity contribution in [2.24, 2.45) is 0 Å². The fourth-order valence-corrected chi connectivity index (χ4v) is 2.75. The van der Waals surface area contributed by atoms with Gasteiger partial charge in [-0.2, -0.15) is 0 Å². The fraction of sp³-hybridized carbons (Fsp3) is 0.167. The van der Waals surface area contributed by atoms with Crippen molar-refractivity contribution in [3.8, 4) is 0 Å². The standard InChI is InChI=1S/C12H9BrClFOS/c13-9-4-3-8(12(15)11(9)14)10(16)6-7-2-1-5-17-7/h1-5,10,16H,6H2. The molecule has 0 bridgehead atoms. The van der Waals surface area contributed by atoms with Gasteiger partial charge in [-0.05, 0) is 33.4 Å². The first-order valence-electron chi connectivity index (χ1n) is 4.93. The summed E-state index contributed by atoms with van der Waals surface area (Å²) in [7, 11) is 0. The van der Waals surface area contributed by atoms with E-state index in [-0.39, 0.29) is 10.6 Å². The number of rotatable bonds is 3. The number of aliphatic hydroxyl groups excluding tert-OH is 1. The van der Waals surface area contributed by atoms with Crippen molar-refractivity contribution in [1.82, 2.24) is 0 Å². The molecule has 0 aliphatic heterocycles. The highest BCUT2D eigenvalue weighted by molar-refractivity contribution is 9.10. The first kappa shape index (κ1) is 13.0. The van der Waals surface area contributed by atoms with E-state index in [2.05, 4.69) is 15.9 Å². The second-order valence-corrected chi connectivity index (χ2v) is 5.83. The Balaban J connectivity index is 2.25. The van der Waals surface area contributed by atoms with Crippen molar-refractivity contribution < 1.29 is 9.50 Å². The van der Waals surface area contributed by atoms with E-state index < -0.39 is 11.9 Å². The molecule has 0 spiro atoms. The summed E-state index contributed by atoms with van der Waals surface area (Å²) in [5, 5.41) is 11.9. The third-order valence-electron chi connectivity index (χ3n) is 2.40. The summed E-state index contributed by atoms with van der Waals surface area (Å²) in [5.74, 6) is -0.565. The number of hydrogen-bond donors (Lipinski definition) is 1. The molecule has 0 aliphatic carbocycles. The maximum absolute atomic E-state index is 13.8. The van der Waals surface area contributed by atoms with Gasteiger partial charge in [0.05, 0.1) is 11.1 Å². The highest BCUT2D eigenvalue weighted by atomic mass is 79.9. The molecule has 5 heteroatoms. The van der Waals surface area contributed by atoms with Crippen LogP contribution in [0.1, 0.15) is 16.5 Å². The Morgan fingerprint density at radius 3 is 2.82 bits per heavy atom. The zero-order valence-electron chi connectivity index (χ0n) is 8.66. The summed E-state index contributed by atoms with van der Waals surface area (Å²) < 4.78 is 14.3. The maximum Gasteiger partial charge on any atom is 0.148 e. The van der Waals surface area contributed by atoms with Gasteiger partial charge in [-0.25, -0.2) is 4.39 Å². The molecule has 0 amide bonds. The number of benzene rings is 1. The third-order valence-corrected chi connectivity index (χ3v) is 4.56. The van der Waals surface area contributed by atoms with Crippen LogP contribution in [0.5, 0.6) is 0 Å². The Morgan fingerprint density at radius 1 is 1.41 bits per heavy atom. The molecule has 90 valence electrons. The maximum atomic E-state index is 13.8. The van der Waals surface area contributed by atoms with Gasteiger partial charge in [0.25, 0.3) is 0 Å². The van der Waals surface area contributed by atoms with E-state index >= 15 is 0 Å². The van der Waals surface area contributed by atoms with Crippen LogP contribution in [0.15, 0.2) is 34.1 Å². The van der Waals surface area contributed by atoms with Gasteiger partial charge < -0.3 is 5.11 Å². The molecule has 0 aliphatic rings. The molecule has 2 aromatic rings. The van der Waals surface area contributed by atoms with Gasteiger partial charge in [-0.15, -0.1) is 11.3 Å². The average Bonchev–Trinajstić information content (AvgIpc) is 2.78. The van der Waals surface area contributed by atoms with Crippen LogP contribution in [0.25, 0.3) is 0 Å². The van der Waals surface area contributed by atoms with Crippen molar-refractivity contribution in [1.29, 1.82) is 0 Å². The summed E-state index contributed by atoms with van der Waals surface area (Å²) >= 11 is 10.5. The van der Waals surface area contributed by atoms with Crippen LogP contribution in [0.3, 0.4) is 0 Å². The molecule has 0 radical (unpaired) electrons. The van der Waals surface area contributed by atoms with E-state index in [1.54, 1.807) is 12.1 Å². The third kappa shape index (κ3) is 2.88. The van der Waals surface area contributed by atoms with E-state index in [9.17, 15) is 9.50 Å². The second kappa shape index (κ2) is 5.48. The Bertz CT molecular complexity index is 515. The number of thiophene rings is 1. The molecule has 1 aromatic carbocycles. The summed E-state index contributed by atoms with van der Waals surface area (Å²) in [4.78, 5) is 1.01. The lowest BCUT2D eigenvalue weighted by Gasteiger charge is -2.12. The lowest BCUT2D eigenvalue weighted by atomic mass is 10.1. The zero-order valence-corrected chi connectivity index (χ0v) is 11.8. The molecule has 0 saturated heterocycles. The van der Waals surface area contributed by atoms with Gasteiger partial charge >= 0.3 is 0 Å². The van der Waals surface area contributed by atoms with Crippen LogP contribution in [0.4, 0.5) is 4.39 Å². The molecular formula is C12H9BrClFOS. The topological polar surface area (TPSA) is 20.2 Å². The van der Waals surface area contributed by atoms with Crippen molar-refractivity contribution in [2.75, 3.05) is 0 Å². The molecule has 0 saturated carbocycles. The summed E-state index contributed by atoms with van der Waals surface area (Å²) in [5.41, 5.74) is 0.228. The van der Waals surface area contributed by atoms with Gasteiger partial charge in [0, 0.05) is 21.3 Å². The van der Waals surface area contributed by atoms with Crippen molar-refractivity contribution >= 4 is 38.9 Å². The quantitative estimate of drug-likeness (QED) is 0.814. The Hall–Kier alpha value is -0.420. The van der Waals surface area contributed by atoms with E-state index in [0.717, 1.165) is 4.88 Å². The Labute approximate surface area is 116 Å². The van der Waals surface area contributed by atoms with Gasteiger partial charge in [-0.1, -0.05) is 23.7 Å². The predicted octanol–water partition coefficient (Wildman–Crippen LogP) is 4.58. The Morgan fingerprint density at radius 2 is 2.18 bits per heavy atom. The van der Waals surface area contributed by atoms with Gasteiger partial charge in [0.2, 0.25) is 0 Å². The van der Waals surface area contributed by atoms with Crippen LogP contribution in [-0.2, 0) is 6.42 Å². The molecule has 2 rings (SSSR count). The fourth-order valence-electron chi connectivity index (χ4n) is 1.53. The molecule has 0 fully saturated rings. The minimum absolute atomic E-state index is 0.00716. The normalized spacial score (nSPS) is 12.7. The molecule has 1 atom stereocenters. The lowest BCUT2D eigenvalue weighted by Crippen LogP contribution is -2.04. The smallest absolute Gasteiger partial charge is 0.148 e. The van der Waals surface area contributed by atoms with Crippen molar-refractivity contribution in [3.05, 3.63) is 55.4 Å². The summed E-state index contributed by atoms with van der Waals surface area (Å²) in [6, 6.07) is 6.99. The van der Waals surface area contributed by atoms with E-state index in [4.69, 9.17) is 11.6 Å². The van der Waals surface area contributed by atoms with Crippen LogP contribution in [0, 0.1) is 5.82 Å². The highest BCUT2D eigenvalue weighted by Crippen LogP contribution is 2.31. The average molecular weight is 336 g/mol. The van der Waals surface area contributed by atoms with E-state index in [1.807, 2.05) is 17.5 Å². The SMILES string of the molecule is OC(Cc1cccs1)c1ccc(Br)c(Cl)c1F. The minimum atomic E-state index is -0.876. The van der Waals surface area contributed by atoms with Gasteiger partial charge in [0.15, 0.2) is 0 Å². The molecule has 1 nitrogen and oxygen atoms in total. The zero-order chi connectivity index (χ0) is 12.4. The number of hydrogen-bond acceptors (Lipinski definition) is 2. The van der Waals surface area contributed by atoms with Crippen LogP contribution >= 0.6 is 38.9 Å². The molecule has 17 heavy (non-hydrogen) atoms.